The van der Waals surface area contributed by atoms with Crippen molar-refractivity contribution in [2.45, 2.75) is 32.5 Å². The summed E-state index contributed by atoms with van der Waals surface area (Å²) < 4.78 is 66.3. The van der Waals surface area contributed by atoms with Crippen LogP contribution in [0, 0.1) is 15.9 Å². The molecule has 0 radical (unpaired) electrons. The molecule has 3 N–H and O–H groups in total. The van der Waals surface area contributed by atoms with Gasteiger partial charge in [-0.3, -0.25) is 34.8 Å². The van der Waals surface area contributed by atoms with Gasteiger partial charge in [-0.05, 0) is 32.9 Å². The summed E-state index contributed by atoms with van der Waals surface area (Å²) in [7, 11) is 0. The second-order valence-electron chi connectivity index (χ2n) is 7.63. The van der Waals surface area contributed by atoms with E-state index in [4.69, 9.17) is 15.3 Å². The van der Waals surface area contributed by atoms with Crippen molar-refractivity contribution in [3.05, 3.63) is 58.2 Å². The molecule has 0 aliphatic heterocycles. The van der Waals surface area contributed by atoms with Crippen LogP contribution in [-0.4, -0.2) is 39.8 Å². The molecule has 37 heavy (non-hydrogen) atoms. The van der Waals surface area contributed by atoms with Gasteiger partial charge in [-0.25, -0.2) is 15.2 Å². The predicted molar refractivity (Wildman–Crippen MR) is 118 cm³/mol. The van der Waals surface area contributed by atoms with Gasteiger partial charge in [-0.15, -0.1) is 0 Å². The second kappa shape index (κ2) is 11.0. The Bertz CT molecular complexity index is 1260. The summed E-state index contributed by atoms with van der Waals surface area (Å²) in [6.45, 7) is 4.05. The van der Waals surface area contributed by atoms with Crippen LogP contribution in [0.3, 0.4) is 0 Å². The number of nitro groups is 1. The fraction of sp³-hybridized carbons (Fsp3) is 0.238. The number of allylic oxidation sites excluding steroid dienone is 1. The number of anilines is 1. The highest BCUT2D eigenvalue weighted by Gasteiger charge is 2.40. The molecule has 0 bridgehead atoms. The third kappa shape index (κ3) is 6.97. The normalized spacial score (nSPS) is 11.9. The topological polar surface area (TPSA) is 167 Å². The Morgan fingerprint density at radius 2 is 1.89 bits per heavy atom. The summed E-state index contributed by atoms with van der Waals surface area (Å²) in [4.78, 5) is 48.0. The number of nitro benzene ring substituents is 1. The number of hydrogen-bond donors (Lipinski definition) is 2. The van der Waals surface area contributed by atoms with Crippen LogP contribution in [0.2, 0.25) is 0 Å². The highest BCUT2D eigenvalue weighted by Crippen LogP contribution is 2.41. The minimum Gasteiger partial charge on any atom is -0.461 e. The van der Waals surface area contributed by atoms with Crippen molar-refractivity contribution in [1.29, 1.82) is 0 Å². The van der Waals surface area contributed by atoms with E-state index in [1.54, 1.807) is 0 Å². The predicted octanol–water partition coefficient (Wildman–Crippen LogP) is 3.07. The molecule has 2 amide bonds. The Morgan fingerprint density at radius 1 is 1.24 bits per heavy atom. The number of rotatable bonds is 10. The van der Waals surface area contributed by atoms with Gasteiger partial charge >= 0.3 is 11.9 Å². The van der Waals surface area contributed by atoms with E-state index in [2.05, 4.69) is 4.98 Å². The van der Waals surface area contributed by atoms with Gasteiger partial charge in [-0.1, -0.05) is 0 Å². The van der Waals surface area contributed by atoms with Gasteiger partial charge in [0.25, 0.3) is 11.8 Å². The molecule has 12 nitrogen and oxygen atoms in total. The number of imide groups is 1. The monoisotopic (exact) mass is 529 g/mol. The maximum atomic E-state index is 14.7. The quantitative estimate of drug-likeness (QED) is 0.117. The third-order valence-electron chi connectivity index (χ3n) is 4.66. The molecule has 0 atom stereocenters. The first-order valence-corrected chi connectivity index (χ1v) is 9.97. The summed E-state index contributed by atoms with van der Waals surface area (Å²) in [5.74, 6) is 0.525. The van der Waals surface area contributed by atoms with Gasteiger partial charge in [0.1, 0.15) is 5.70 Å². The highest BCUT2D eigenvalue weighted by molar-refractivity contribution is 5.95. The van der Waals surface area contributed by atoms with Crippen LogP contribution in [0.1, 0.15) is 20.8 Å². The van der Waals surface area contributed by atoms with Gasteiger partial charge in [0.2, 0.25) is 12.2 Å². The summed E-state index contributed by atoms with van der Waals surface area (Å²) >= 11 is 0. The number of aromatic nitrogens is 1. The molecule has 0 saturated carbocycles. The van der Waals surface area contributed by atoms with Gasteiger partial charge in [0.05, 0.1) is 16.7 Å². The van der Waals surface area contributed by atoms with Crippen LogP contribution >= 0.6 is 0 Å². The number of alkyl halides is 3. The number of nitrogens with one attached hydrogen (secondary N) is 1. The van der Waals surface area contributed by atoms with E-state index in [1.807, 2.05) is 0 Å². The fourth-order valence-corrected chi connectivity index (χ4v) is 2.55. The first kappa shape index (κ1) is 28.6. The van der Waals surface area contributed by atoms with E-state index in [0.29, 0.717) is 6.07 Å². The summed E-state index contributed by atoms with van der Waals surface area (Å²) in [5.41, 5.74) is -5.42. The van der Waals surface area contributed by atoms with Crippen molar-refractivity contribution in [2.24, 2.45) is 5.84 Å². The number of hydrazine groups is 1. The number of carbonyl (C=O) groups excluding carboxylic acids is 3. The molecule has 1 heterocycles. The largest absolute Gasteiger partial charge is 0.461 e. The van der Waals surface area contributed by atoms with Crippen molar-refractivity contribution in [1.82, 2.24) is 10.3 Å². The van der Waals surface area contributed by atoms with E-state index < -0.39 is 57.0 Å². The van der Waals surface area contributed by atoms with Crippen LogP contribution in [0.5, 0.6) is 17.4 Å². The number of nitrogens with zero attached hydrogens (tertiary/aromatic N) is 3. The number of amides is 2. The van der Waals surface area contributed by atoms with Crippen molar-refractivity contribution >= 4 is 29.5 Å². The van der Waals surface area contributed by atoms with Crippen LogP contribution < -0.4 is 25.6 Å². The van der Waals surface area contributed by atoms with E-state index >= 15 is 0 Å². The number of ether oxygens (including phenoxy) is 2. The van der Waals surface area contributed by atoms with Gasteiger partial charge in [0.15, 0.2) is 23.0 Å². The SMILES string of the molecule is CC(=O)C(C)(C)Oc1ncccc1Oc1cc(N(N)/C(=C\C(=O)NC=O)C(F)(F)F)c(F)cc1[N+](=O)[O-]. The fourth-order valence-electron chi connectivity index (χ4n) is 2.55. The lowest BCUT2D eigenvalue weighted by Gasteiger charge is -2.25. The molecule has 2 rings (SSSR count). The average molecular weight is 529 g/mol. The molecular formula is C21H19F4N5O7. The molecule has 0 saturated heterocycles. The van der Waals surface area contributed by atoms with Gasteiger partial charge in [0, 0.05) is 18.3 Å². The minimum atomic E-state index is -5.33. The zero-order valence-electron chi connectivity index (χ0n) is 19.3. The Hall–Kier alpha value is -4.60. The lowest BCUT2D eigenvalue weighted by Crippen LogP contribution is -2.39. The van der Waals surface area contributed by atoms with Crippen molar-refractivity contribution < 1.29 is 46.3 Å². The molecule has 198 valence electrons. The van der Waals surface area contributed by atoms with Gasteiger partial charge in [-0.2, -0.15) is 13.2 Å². The first-order chi connectivity index (χ1) is 17.1. The number of hydrogen-bond acceptors (Lipinski definition) is 10. The molecular weight excluding hydrogens is 510 g/mol. The summed E-state index contributed by atoms with van der Waals surface area (Å²) in [5, 5.41) is 12.6. The average Bonchev–Trinajstić information content (AvgIpc) is 2.78. The Balaban J connectivity index is 2.64. The molecule has 0 unspecified atom stereocenters. The minimum absolute atomic E-state index is 0.118. The molecule has 0 spiro atoms. The molecule has 0 aliphatic carbocycles. The molecule has 2 aromatic rings. The van der Waals surface area contributed by atoms with E-state index in [0.717, 1.165) is 0 Å². The molecule has 16 heteroatoms. The Morgan fingerprint density at radius 3 is 2.43 bits per heavy atom. The molecule has 1 aromatic carbocycles. The van der Waals surface area contributed by atoms with Crippen molar-refractivity contribution in [3.63, 3.8) is 0 Å². The maximum absolute atomic E-state index is 14.7. The van der Waals surface area contributed by atoms with E-state index in [9.17, 15) is 42.1 Å². The van der Waals surface area contributed by atoms with Crippen LogP contribution in [0.15, 0.2) is 42.2 Å². The maximum Gasteiger partial charge on any atom is 0.433 e. The van der Waals surface area contributed by atoms with Crippen LogP contribution in [0.4, 0.5) is 28.9 Å². The smallest absolute Gasteiger partial charge is 0.433 e. The molecule has 0 aliphatic rings. The third-order valence-corrected chi connectivity index (χ3v) is 4.66. The molecule has 0 fully saturated rings. The summed E-state index contributed by atoms with van der Waals surface area (Å²) in [6, 6.07) is 3.28. The number of pyridine rings is 1. The standard InChI is InChI=1S/C21H19F4N5O7/c1-11(32)20(2,3)37-19-15(5-4-6-27-19)36-16-8-13(12(22)7-14(16)30(34)35)29(26)17(21(23,24)25)9-18(33)28-10-31/h4-10H,26H2,1-3H3,(H,28,31,33)/b17-9-. The Labute approximate surface area is 205 Å². The van der Waals surface area contributed by atoms with Gasteiger partial charge < -0.3 is 9.47 Å². The lowest BCUT2D eigenvalue weighted by molar-refractivity contribution is -0.385. The van der Waals surface area contributed by atoms with E-state index in [1.165, 1.54) is 44.4 Å². The highest BCUT2D eigenvalue weighted by atomic mass is 19.4. The number of carbonyl (C=O) groups is 3. The Kier molecular flexibility index (Phi) is 8.50. The number of ketones is 1. The number of benzene rings is 1. The lowest BCUT2D eigenvalue weighted by atomic mass is 10.1. The summed E-state index contributed by atoms with van der Waals surface area (Å²) in [6.07, 6.45) is -4.39. The van der Waals surface area contributed by atoms with Crippen molar-refractivity contribution in [3.8, 4) is 17.4 Å². The van der Waals surface area contributed by atoms with E-state index in [-0.39, 0.29) is 35.2 Å². The number of halogens is 4. The van der Waals surface area contributed by atoms with Crippen LogP contribution in [0.25, 0.3) is 0 Å². The molecule has 1 aromatic heterocycles. The second-order valence-corrected chi connectivity index (χ2v) is 7.63. The first-order valence-electron chi connectivity index (χ1n) is 9.97. The van der Waals surface area contributed by atoms with Crippen LogP contribution in [-0.2, 0) is 14.4 Å². The zero-order chi connectivity index (χ0) is 28.1. The zero-order valence-corrected chi connectivity index (χ0v) is 19.3. The van der Waals surface area contributed by atoms with Crippen molar-refractivity contribution in [2.75, 3.05) is 5.01 Å². The number of nitrogens with two attached hydrogens (primary N) is 1. The number of Topliss-reactive ketones (excluding diaryl/α,β-unsaturated/α-hetero) is 1.